The Labute approximate surface area is 108 Å². The van der Waals surface area contributed by atoms with E-state index in [4.69, 9.17) is 5.11 Å². The van der Waals surface area contributed by atoms with Crippen molar-refractivity contribution in [2.45, 2.75) is 27.2 Å². The van der Waals surface area contributed by atoms with Crippen LogP contribution in [0.3, 0.4) is 0 Å². The summed E-state index contributed by atoms with van der Waals surface area (Å²) in [7, 11) is -3.38. The molecule has 0 aromatic carbocycles. The van der Waals surface area contributed by atoms with Crippen molar-refractivity contribution in [2.24, 2.45) is 5.92 Å². The second-order valence-electron chi connectivity index (χ2n) is 4.55. The number of carbonyl (C=O) groups is 2. The van der Waals surface area contributed by atoms with Gasteiger partial charge in [-0.25, -0.2) is 8.42 Å². The van der Waals surface area contributed by atoms with E-state index in [9.17, 15) is 18.0 Å². The standard InChI is InChI=1S/C11H21NO5S/c1-4-18(16,17)8-10(13)12(7-9(2)3)6-5-11(14)15/h9H,4-8H2,1-3H3,(H,14,15). The van der Waals surface area contributed by atoms with Crippen LogP contribution in [-0.4, -0.2) is 54.9 Å². The van der Waals surface area contributed by atoms with Crippen LogP contribution in [0.5, 0.6) is 0 Å². The molecule has 0 aliphatic heterocycles. The Balaban J connectivity index is 4.63. The largest absolute Gasteiger partial charge is 0.481 e. The normalized spacial score (nSPS) is 11.6. The zero-order chi connectivity index (χ0) is 14.3. The Hall–Kier alpha value is -1.11. The molecule has 0 aromatic heterocycles. The summed E-state index contributed by atoms with van der Waals surface area (Å²) in [6, 6.07) is 0. The van der Waals surface area contributed by atoms with Crippen molar-refractivity contribution in [3.8, 4) is 0 Å². The molecule has 0 bridgehead atoms. The molecule has 6 nitrogen and oxygen atoms in total. The van der Waals surface area contributed by atoms with Gasteiger partial charge in [0.05, 0.1) is 6.42 Å². The number of carboxylic acids is 1. The summed E-state index contributed by atoms with van der Waals surface area (Å²) in [6.07, 6.45) is -0.176. The SMILES string of the molecule is CCS(=O)(=O)CC(=O)N(CCC(=O)O)CC(C)C. The Kier molecular flexibility index (Phi) is 6.90. The first kappa shape index (κ1) is 16.9. The van der Waals surface area contributed by atoms with Gasteiger partial charge in [0.2, 0.25) is 5.91 Å². The molecule has 0 aromatic rings. The fraction of sp³-hybridized carbons (Fsp3) is 0.818. The average molecular weight is 279 g/mol. The number of hydrogen-bond acceptors (Lipinski definition) is 4. The van der Waals surface area contributed by atoms with Crippen LogP contribution < -0.4 is 0 Å². The average Bonchev–Trinajstić information content (AvgIpc) is 2.22. The minimum atomic E-state index is -3.38. The molecule has 0 aliphatic rings. The van der Waals surface area contributed by atoms with E-state index in [0.29, 0.717) is 6.54 Å². The highest BCUT2D eigenvalue weighted by molar-refractivity contribution is 7.92. The highest BCUT2D eigenvalue weighted by atomic mass is 32.2. The Morgan fingerprint density at radius 2 is 1.83 bits per heavy atom. The molecule has 0 saturated heterocycles. The molecule has 18 heavy (non-hydrogen) atoms. The molecule has 0 heterocycles. The van der Waals surface area contributed by atoms with E-state index >= 15 is 0 Å². The molecular weight excluding hydrogens is 258 g/mol. The fourth-order valence-electron chi connectivity index (χ4n) is 1.37. The summed E-state index contributed by atoms with van der Waals surface area (Å²) < 4.78 is 22.7. The topological polar surface area (TPSA) is 91.8 Å². The van der Waals surface area contributed by atoms with Gasteiger partial charge >= 0.3 is 5.97 Å². The number of rotatable bonds is 8. The molecule has 0 unspecified atom stereocenters. The number of nitrogens with zero attached hydrogens (tertiary/aromatic N) is 1. The van der Waals surface area contributed by atoms with E-state index in [2.05, 4.69) is 0 Å². The van der Waals surface area contributed by atoms with Crippen LogP contribution in [0.2, 0.25) is 0 Å². The summed E-state index contributed by atoms with van der Waals surface area (Å²) in [4.78, 5) is 23.6. The second kappa shape index (κ2) is 7.35. The minimum absolute atomic E-state index is 0.0472. The van der Waals surface area contributed by atoms with Crippen LogP contribution in [0.25, 0.3) is 0 Å². The van der Waals surface area contributed by atoms with Crippen molar-refractivity contribution in [1.29, 1.82) is 0 Å². The molecule has 0 rings (SSSR count). The Morgan fingerprint density at radius 1 is 1.28 bits per heavy atom. The van der Waals surface area contributed by atoms with Gasteiger partial charge in [-0.1, -0.05) is 20.8 Å². The monoisotopic (exact) mass is 279 g/mol. The first-order valence-corrected chi connectivity index (χ1v) is 7.70. The molecular formula is C11H21NO5S. The van der Waals surface area contributed by atoms with Gasteiger partial charge in [0.25, 0.3) is 0 Å². The van der Waals surface area contributed by atoms with E-state index < -0.39 is 27.5 Å². The lowest BCUT2D eigenvalue weighted by atomic mass is 10.2. The summed E-state index contributed by atoms with van der Waals surface area (Å²) in [5.74, 6) is -2.00. The molecule has 0 atom stereocenters. The molecule has 0 fully saturated rings. The van der Waals surface area contributed by atoms with Crippen LogP contribution in [-0.2, 0) is 19.4 Å². The number of carbonyl (C=O) groups excluding carboxylic acids is 1. The van der Waals surface area contributed by atoms with Crippen molar-refractivity contribution < 1.29 is 23.1 Å². The first-order valence-electron chi connectivity index (χ1n) is 5.88. The highest BCUT2D eigenvalue weighted by Gasteiger charge is 2.21. The molecule has 0 saturated carbocycles. The van der Waals surface area contributed by atoms with Gasteiger partial charge in [0.1, 0.15) is 5.75 Å². The van der Waals surface area contributed by atoms with Gasteiger partial charge in [0, 0.05) is 18.8 Å². The van der Waals surface area contributed by atoms with E-state index in [-0.39, 0.29) is 24.6 Å². The maximum absolute atomic E-state index is 11.8. The lowest BCUT2D eigenvalue weighted by molar-refractivity contribution is -0.138. The fourth-order valence-corrected chi connectivity index (χ4v) is 2.13. The summed E-state index contributed by atoms with van der Waals surface area (Å²) in [5.41, 5.74) is 0. The van der Waals surface area contributed by atoms with E-state index in [1.807, 2.05) is 13.8 Å². The van der Waals surface area contributed by atoms with Crippen molar-refractivity contribution in [3.63, 3.8) is 0 Å². The highest BCUT2D eigenvalue weighted by Crippen LogP contribution is 2.03. The summed E-state index contributed by atoms with van der Waals surface area (Å²) >= 11 is 0. The maximum atomic E-state index is 11.8. The van der Waals surface area contributed by atoms with Gasteiger partial charge in [-0.2, -0.15) is 0 Å². The van der Waals surface area contributed by atoms with Crippen molar-refractivity contribution in [3.05, 3.63) is 0 Å². The van der Waals surface area contributed by atoms with Crippen molar-refractivity contribution in [2.75, 3.05) is 24.6 Å². The molecule has 0 radical (unpaired) electrons. The number of amides is 1. The quantitative estimate of drug-likeness (QED) is 0.693. The minimum Gasteiger partial charge on any atom is -0.481 e. The first-order chi connectivity index (χ1) is 8.18. The van der Waals surface area contributed by atoms with Gasteiger partial charge in [-0.05, 0) is 5.92 Å². The molecule has 1 amide bonds. The zero-order valence-electron chi connectivity index (χ0n) is 11.0. The van der Waals surface area contributed by atoms with Crippen LogP contribution in [0.1, 0.15) is 27.2 Å². The predicted octanol–water partition coefficient (Wildman–Crippen LogP) is 0.380. The second-order valence-corrected chi connectivity index (χ2v) is 6.91. The number of hydrogen-bond donors (Lipinski definition) is 1. The Morgan fingerprint density at radius 3 is 2.22 bits per heavy atom. The van der Waals surface area contributed by atoms with Gasteiger partial charge in [-0.15, -0.1) is 0 Å². The molecule has 1 N–H and O–H groups in total. The van der Waals surface area contributed by atoms with Crippen LogP contribution in [0.15, 0.2) is 0 Å². The van der Waals surface area contributed by atoms with Crippen molar-refractivity contribution >= 4 is 21.7 Å². The summed E-state index contributed by atoms with van der Waals surface area (Å²) in [6.45, 7) is 5.66. The van der Waals surface area contributed by atoms with Crippen LogP contribution in [0, 0.1) is 5.92 Å². The number of carboxylic acid groups (broad SMARTS) is 1. The zero-order valence-corrected chi connectivity index (χ0v) is 11.9. The smallest absolute Gasteiger partial charge is 0.305 e. The molecule has 7 heteroatoms. The number of aliphatic carboxylic acids is 1. The third-order valence-corrected chi connectivity index (χ3v) is 3.88. The third-order valence-electron chi connectivity index (χ3n) is 2.32. The lowest BCUT2D eigenvalue weighted by Crippen LogP contribution is -2.39. The Bertz CT molecular complexity index is 388. The molecule has 0 spiro atoms. The van der Waals surface area contributed by atoms with Crippen LogP contribution >= 0.6 is 0 Å². The molecule has 106 valence electrons. The van der Waals surface area contributed by atoms with Gasteiger partial charge in [0.15, 0.2) is 9.84 Å². The lowest BCUT2D eigenvalue weighted by Gasteiger charge is -2.23. The van der Waals surface area contributed by atoms with Gasteiger partial charge in [-0.3, -0.25) is 9.59 Å². The maximum Gasteiger partial charge on any atom is 0.305 e. The van der Waals surface area contributed by atoms with E-state index in [0.717, 1.165) is 0 Å². The van der Waals surface area contributed by atoms with E-state index in [1.165, 1.54) is 11.8 Å². The van der Waals surface area contributed by atoms with Crippen molar-refractivity contribution in [1.82, 2.24) is 4.90 Å². The number of sulfone groups is 1. The van der Waals surface area contributed by atoms with E-state index in [1.54, 1.807) is 0 Å². The predicted molar refractivity (Wildman–Crippen MR) is 68.0 cm³/mol. The van der Waals surface area contributed by atoms with Crippen LogP contribution in [0.4, 0.5) is 0 Å². The third kappa shape index (κ3) is 7.26. The van der Waals surface area contributed by atoms with Gasteiger partial charge < -0.3 is 10.0 Å². The molecule has 0 aliphatic carbocycles. The summed E-state index contributed by atoms with van der Waals surface area (Å²) in [5, 5.41) is 8.60.